The van der Waals surface area contributed by atoms with Crippen LogP contribution in [0.3, 0.4) is 0 Å². The van der Waals surface area contributed by atoms with Gasteiger partial charge in [-0.3, -0.25) is 4.79 Å². The van der Waals surface area contributed by atoms with Crippen molar-refractivity contribution < 1.29 is 28.5 Å². The quantitative estimate of drug-likeness (QED) is 0.819. The van der Waals surface area contributed by atoms with Gasteiger partial charge in [0.25, 0.3) is 0 Å². The third-order valence-electron chi connectivity index (χ3n) is 4.91. The molecule has 1 heterocycles. The summed E-state index contributed by atoms with van der Waals surface area (Å²) < 4.78 is 33.8. The van der Waals surface area contributed by atoms with Crippen LogP contribution in [0.5, 0.6) is 5.75 Å². The summed E-state index contributed by atoms with van der Waals surface area (Å²) in [6, 6.07) is 8.68. The minimum atomic E-state index is -2.17. The summed E-state index contributed by atoms with van der Waals surface area (Å²) in [4.78, 5) is 13.3. The fourth-order valence-corrected chi connectivity index (χ4v) is 3.49. The number of carbonyl (C=O) groups is 1. The average molecular weight is 388 g/mol. The molecule has 2 aromatic rings. The second-order valence-corrected chi connectivity index (χ2v) is 7.98. The lowest BCUT2D eigenvalue weighted by molar-refractivity contribution is -0.225. The van der Waals surface area contributed by atoms with Gasteiger partial charge in [-0.25, -0.2) is 8.78 Å². The number of benzene rings is 2. The number of ether oxygens (including phenoxy) is 1. The normalized spacial score (nSPS) is 24.6. The van der Waals surface area contributed by atoms with Crippen LogP contribution in [-0.4, -0.2) is 16.0 Å². The molecule has 0 amide bonds. The molecule has 0 aromatic heterocycles. The molecule has 0 fully saturated rings. The molecule has 6 heteroatoms. The van der Waals surface area contributed by atoms with E-state index in [4.69, 9.17) is 4.74 Å². The summed E-state index contributed by atoms with van der Waals surface area (Å²) >= 11 is 0. The number of hydrogen-bond acceptors (Lipinski definition) is 4. The summed E-state index contributed by atoms with van der Waals surface area (Å²) in [5.74, 6) is -6.27. The Morgan fingerprint density at radius 3 is 2.50 bits per heavy atom. The van der Waals surface area contributed by atoms with Crippen molar-refractivity contribution >= 4 is 5.78 Å². The minimum Gasteiger partial charge on any atom is -0.508 e. The summed E-state index contributed by atoms with van der Waals surface area (Å²) in [5, 5.41) is 21.3. The largest absolute Gasteiger partial charge is 0.508 e. The van der Waals surface area contributed by atoms with Gasteiger partial charge in [0.2, 0.25) is 5.79 Å². The van der Waals surface area contributed by atoms with Crippen molar-refractivity contribution in [1.82, 2.24) is 0 Å². The molecule has 1 aliphatic rings. The third-order valence-corrected chi connectivity index (χ3v) is 4.91. The molecular formula is C22H22F2O4. The first-order valence-corrected chi connectivity index (χ1v) is 8.89. The number of hydrogen-bond donors (Lipinski definition) is 2. The van der Waals surface area contributed by atoms with Crippen LogP contribution in [0.4, 0.5) is 8.78 Å². The van der Waals surface area contributed by atoms with Gasteiger partial charge in [0.15, 0.2) is 0 Å². The van der Waals surface area contributed by atoms with Crippen molar-refractivity contribution in [3.8, 4) is 5.75 Å². The lowest BCUT2D eigenvalue weighted by Gasteiger charge is -2.43. The van der Waals surface area contributed by atoms with Gasteiger partial charge in [0, 0.05) is 16.9 Å². The first-order chi connectivity index (χ1) is 13.0. The number of ketones is 1. The van der Waals surface area contributed by atoms with Crippen molar-refractivity contribution in [2.24, 2.45) is 11.3 Å². The molecular weight excluding hydrogens is 366 g/mol. The predicted molar refractivity (Wildman–Crippen MR) is 99.3 cm³/mol. The zero-order valence-electron chi connectivity index (χ0n) is 15.8. The fourth-order valence-electron chi connectivity index (χ4n) is 3.49. The summed E-state index contributed by atoms with van der Waals surface area (Å²) in [7, 11) is 0. The highest BCUT2D eigenvalue weighted by atomic mass is 19.1. The van der Waals surface area contributed by atoms with Gasteiger partial charge in [-0.15, -0.1) is 0 Å². The van der Waals surface area contributed by atoms with Crippen LogP contribution >= 0.6 is 0 Å². The van der Waals surface area contributed by atoms with E-state index >= 15 is 0 Å². The Labute approximate surface area is 162 Å². The van der Waals surface area contributed by atoms with Crippen LogP contribution in [0, 0.1) is 23.0 Å². The second-order valence-electron chi connectivity index (χ2n) is 7.98. The molecule has 2 N–H and O–H groups in total. The summed E-state index contributed by atoms with van der Waals surface area (Å²) in [6.07, 6.45) is 2.61. The molecule has 28 heavy (non-hydrogen) atoms. The minimum absolute atomic E-state index is 0.0549. The van der Waals surface area contributed by atoms with E-state index in [1.54, 1.807) is 20.8 Å². The van der Waals surface area contributed by atoms with E-state index in [0.717, 1.165) is 18.2 Å². The van der Waals surface area contributed by atoms with Crippen LogP contribution in [0.2, 0.25) is 0 Å². The number of rotatable bonds is 3. The predicted octanol–water partition coefficient (Wildman–Crippen LogP) is 4.37. The van der Waals surface area contributed by atoms with Crippen molar-refractivity contribution in [3.63, 3.8) is 0 Å². The standard InChI is InChI=1S/C22H22F2O4/c1-21(2,3)20(26)19-16(17-12-14(23)7-8-18(17)24)9-10-28-22(19,27)13-5-4-6-15(25)11-13/h4-12,16,19,25,27H,1-3H3. The zero-order chi connectivity index (χ0) is 20.7. The molecule has 0 aliphatic carbocycles. The van der Waals surface area contributed by atoms with Crippen molar-refractivity contribution in [1.29, 1.82) is 0 Å². The number of halogens is 2. The third kappa shape index (κ3) is 3.52. The maximum Gasteiger partial charge on any atom is 0.244 e. The van der Waals surface area contributed by atoms with Crippen LogP contribution in [-0.2, 0) is 15.3 Å². The molecule has 0 bridgehead atoms. The van der Waals surface area contributed by atoms with Gasteiger partial charge in [-0.05, 0) is 42.0 Å². The summed E-state index contributed by atoms with van der Waals surface area (Å²) in [5.41, 5.74) is -0.812. The first-order valence-electron chi connectivity index (χ1n) is 8.89. The number of carbonyl (C=O) groups excluding carboxylic acids is 1. The van der Waals surface area contributed by atoms with E-state index in [0.29, 0.717) is 0 Å². The summed E-state index contributed by atoms with van der Waals surface area (Å²) in [6.45, 7) is 5.03. The van der Waals surface area contributed by atoms with Gasteiger partial charge in [0.05, 0.1) is 12.2 Å². The Hall–Kier alpha value is -2.73. The van der Waals surface area contributed by atoms with Gasteiger partial charge in [-0.1, -0.05) is 32.9 Å². The molecule has 148 valence electrons. The molecule has 2 aromatic carbocycles. The van der Waals surface area contributed by atoms with Crippen molar-refractivity contribution in [3.05, 3.63) is 77.6 Å². The van der Waals surface area contributed by atoms with E-state index < -0.39 is 40.5 Å². The Morgan fingerprint density at radius 2 is 1.86 bits per heavy atom. The van der Waals surface area contributed by atoms with Gasteiger partial charge in [0.1, 0.15) is 23.2 Å². The molecule has 0 radical (unpaired) electrons. The molecule has 0 saturated carbocycles. The first kappa shape index (κ1) is 20.0. The Bertz CT molecular complexity index is 932. The Kier molecular flexibility index (Phi) is 5.02. The highest BCUT2D eigenvalue weighted by Crippen LogP contribution is 2.48. The van der Waals surface area contributed by atoms with Crippen LogP contribution < -0.4 is 0 Å². The number of phenolic OH excluding ortho intramolecular Hbond substituents is 1. The van der Waals surface area contributed by atoms with Gasteiger partial charge >= 0.3 is 0 Å². The monoisotopic (exact) mass is 388 g/mol. The number of allylic oxidation sites excluding steroid dienone is 1. The molecule has 3 unspecified atom stereocenters. The Morgan fingerprint density at radius 1 is 1.14 bits per heavy atom. The average Bonchev–Trinajstić information content (AvgIpc) is 2.62. The lowest BCUT2D eigenvalue weighted by atomic mass is 9.68. The van der Waals surface area contributed by atoms with Crippen LogP contribution in [0.25, 0.3) is 0 Å². The number of aromatic hydroxyl groups is 1. The molecule has 3 rings (SSSR count). The van der Waals surface area contributed by atoms with E-state index in [1.807, 2.05) is 0 Å². The van der Waals surface area contributed by atoms with Crippen molar-refractivity contribution in [2.45, 2.75) is 32.5 Å². The maximum atomic E-state index is 14.5. The smallest absolute Gasteiger partial charge is 0.244 e. The van der Waals surface area contributed by atoms with E-state index in [9.17, 15) is 23.8 Å². The highest BCUT2D eigenvalue weighted by Gasteiger charge is 2.53. The van der Waals surface area contributed by atoms with Crippen molar-refractivity contribution in [2.75, 3.05) is 0 Å². The second kappa shape index (κ2) is 7.02. The number of aliphatic hydroxyl groups is 1. The molecule has 3 atom stereocenters. The zero-order valence-corrected chi connectivity index (χ0v) is 15.8. The van der Waals surface area contributed by atoms with Crippen LogP contribution in [0.15, 0.2) is 54.8 Å². The highest BCUT2D eigenvalue weighted by molar-refractivity contribution is 5.88. The van der Waals surface area contributed by atoms with Crippen LogP contribution in [0.1, 0.15) is 37.8 Å². The maximum absolute atomic E-state index is 14.5. The van der Waals surface area contributed by atoms with E-state index in [1.165, 1.54) is 36.6 Å². The van der Waals surface area contributed by atoms with E-state index in [2.05, 4.69) is 0 Å². The Balaban J connectivity index is 2.22. The topological polar surface area (TPSA) is 66.8 Å². The number of phenols is 1. The molecule has 0 saturated heterocycles. The number of Topliss-reactive ketones (excluding diaryl/α,β-unsaturated/α-hetero) is 1. The molecule has 0 spiro atoms. The fraction of sp³-hybridized carbons (Fsp3) is 0.318. The molecule has 1 aliphatic heterocycles. The van der Waals surface area contributed by atoms with Gasteiger partial charge in [-0.2, -0.15) is 0 Å². The lowest BCUT2D eigenvalue weighted by Crippen LogP contribution is -2.49. The molecule has 4 nitrogen and oxygen atoms in total. The van der Waals surface area contributed by atoms with E-state index in [-0.39, 0.29) is 16.9 Å². The SMILES string of the molecule is CC(C)(C)C(=O)C1C(c2cc(F)ccc2F)C=COC1(O)c1cccc(O)c1. The van der Waals surface area contributed by atoms with Gasteiger partial charge < -0.3 is 14.9 Å².